The van der Waals surface area contributed by atoms with Gasteiger partial charge in [0.1, 0.15) is 5.69 Å². The van der Waals surface area contributed by atoms with E-state index in [1.54, 1.807) is 4.68 Å². The first-order chi connectivity index (χ1) is 9.61. The highest BCUT2D eigenvalue weighted by molar-refractivity contribution is 5.76. The molecule has 0 saturated heterocycles. The van der Waals surface area contributed by atoms with E-state index in [9.17, 15) is 4.79 Å². The number of nitrogens with zero attached hydrogens (tertiary/aromatic N) is 4. The molecule has 1 saturated carbocycles. The summed E-state index contributed by atoms with van der Waals surface area (Å²) in [6.07, 6.45) is 3.03. The maximum Gasteiger partial charge on any atom is 0.265 e. The fourth-order valence-electron chi connectivity index (χ4n) is 2.02. The summed E-state index contributed by atoms with van der Waals surface area (Å²) in [6, 6.07) is 2.27. The molecule has 3 rings (SSSR count). The molecule has 2 heterocycles. The van der Waals surface area contributed by atoms with Crippen molar-refractivity contribution in [3.05, 3.63) is 17.7 Å². The van der Waals surface area contributed by atoms with Crippen LogP contribution in [0.5, 0.6) is 0 Å². The van der Waals surface area contributed by atoms with Gasteiger partial charge < -0.3 is 9.73 Å². The Morgan fingerprint density at radius 1 is 1.50 bits per heavy atom. The zero-order chi connectivity index (χ0) is 14.1. The summed E-state index contributed by atoms with van der Waals surface area (Å²) >= 11 is 0. The zero-order valence-corrected chi connectivity index (χ0v) is 11.6. The Labute approximate surface area is 116 Å². The molecule has 7 heteroatoms. The van der Waals surface area contributed by atoms with E-state index >= 15 is 0 Å². The molecule has 7 nitrogen and oxygen atoms in total. The normalized spacial score (nSPS) is 14.5. The first-order valence-electron chi connectivity index (χ1n) is 6.74. The van der Waals surface area contributed by atoms with Gasteiger partial charge in [0.05, 0.1) is 5.69 Å². The van der Waals surface area contributed by atoms with E-state index in [1.165, 1.54) is 0 Å². The van der Waals surface area contributed by atoms with Crippen molar-refractivity contribution in [2.75, 3.05) is 0 Å². The van der Waals surface area contributed by atoms with E-state index in [-0.39, 0.29) is 5.91 Å². The predicted octanol–water partition coefficient (Wildman–Crippen LogP) is 0.990. The number of nitrogens with one attached hydrogen (secondary N) is 1. The SMILES string of the molecule is Cc1cc(-c2nnc(CCC(=O)NC3CC3)o2)n(C)n1. The molecular formula is C13H17N5O2. The number of hydrogen-bond acceptors (Lipinski definition) is 5. The number of hydrogen-bond donors (Lipinski definition) is 1. The molecule has 1 amide bonds. The highest BCUT2D eigenvalue weighted by Crippen LogP contribution is 2.20. The van der Waals surface area contributed by atoms with Crippen LogP contribution in [0.25, 0.3) is 11.6 Å². The molecule has 20 heavy (non-hydrogen) atoms. The Bertz CT molecular complexity index is 626. The van der Waals surface area contributed by atoms with Crippen molar-refractivity contribution in [1.82, 2.24) is 25.3 Å². The van der Waals surface area contributed by atoms with Gasteiger partial charge in [0.15, 0.2) is 0 Å². The second-order valence-corrected chi connectivity index (χ2v) is 5.14. The lowest BCUT2D eigenvalue weighted by atomic mass is 10.3. The van der Waals surface area contributed by atoms with Crippen molar-refractivity contribution in [2.45, 2.75) is 38.6 Å². The average Bonchev–Trinajstić information content (AvgIpc) is 2.97. The highest BCUT2D eigenvalue weighted by atomic mass is 16.4. The summed E-state index contributed by atoms with van der Waals surface area (Å²) in [5.74, 6) is 0.958. The average molecular weight is 275 g/mol. The van der Waals surface area contributed by atoms with Crippen LogP contribution in [0.4, 0.5) is 0 Å². The number of carbonyl (C=O) groups is 1. The fourth-order valence-corrected chi connectivity index (χ4v) is 2.02. The third kappa shape index (κ3) is 2.87. The Morgan fingerprint density at radius 2 is 2.30 bits per heavy atom. The topological polar surface area (TPSA) is 85.8 Å². The number of amides is 1. The summed E-state index contributed by atoms with van der Waals surface area (Å²) in [4.78, 5) is 11.6. The minimum atomic E-state index is 0.0450. The van der Waals surface area contributed by atoms with Gasteiger partial charge in [-0.2, -0.15) is 5.10 Å². The molecule has 0 bridgehead atoms. The summed E-state index contributed by atoms with van der Waals surface area (Å²) < 4.78 is 7.27. The second kappa shape index (κ2) is 5.07. The first-order valence-corrected chi connectivity index (χ1v) is 6.74. The van der Waals surface area contributed by atoms with Crippen molar-refractivity contribution < 1.29 is 9.21 Å². The quantitative estimate of drug-likeness (QED) is 0.879. The van der Waals surface area contributed by atoms with E-state index in [0.29, 0.717) is 30.7 Å². The lowest BCUT2D eigenvalue weighted by Crippen LogP contribution is -2.25. The number of rotatable bonds is 5. The van der Waals surface area contributed by atoms with Crippen LogP contribution >= 0.6 is 0 Å². The predicted molar refractivity (Wildman–Crippen MR) is 70.7 cm³/mol. The van der Waals surface area contributed by atoms with Crippen LogP contribution in [0.15, 0.2) is 10.5 Å². The molecule has 2 aromatic heterocycles. The summed E-state index contributed by atoms with van der Waals surface area (Å²) in [6.45, 7) is 1.91. The third-order valence-corrected chi connectivity index (χ3v) is 3.20. The molecule has 1 aliphatic carbocycles. The first kappa shape index (κ1) is 12.8. The Hall–Kier alpha value is -2.18. The van der Waals surface area contributed by atoms with Crippen molar-refractivity contribution >= 4 is 5.91 Å². The number of aromatic nitrogens is 4. The molecule has 0 unspecified atom stereocenters. The Kier molecular flexibility index (Phi) is 3.25. The maximum absolute atomic E-state index is 11.6. The van der Waals surface area contributed by atoms with Gasteiger partial charge in [-0.3, -0.25) is 9.48 Å². The van der Waals surface area contributed by atoms with E-state index in [1.807, 2.05) is 20.0 Å². The van der Waals surface area contributed by atoms with Crippen LogP contribution in [0.3, 0.4) is 0 Å². The van der Waals surface area contributed by atoms with Gasteiger partial charge in [0, 0.05) is 25.9 Å². The molecule has 0 radical (unpaired) electrons. The van der Waals surface area contributed by atoms with Gasteiger partial charge in [0.25, 0.3) is 5.89 Å². The number of carbonyl (C=O) groups excluding carboxylic acids is 1. The lowest BCUT2D eigenvalue weighted by molar-refractivity contribution is -0.121. The van der Waals surface area contributed by atoms with Crippen LogP contribution < -0.4 is 5.32 Å². The van der Waals surface area contributed by atoms with E-state index in [0.717, 1.165) is 24.2 Å². The standard InChI is InChI=1S/C13H17N5O2/c1-8-7-10(18(2)17-8)13-16-15-12(20-13)6-5-11(19)14-9-3-4-9/h7,9H,3-6H2,1-2H3,(H,14,19). The molecule has 0 aromatic carbocycles. The summed E-state index contributed by atoms with van der Waals surface area (Å²) in [7, 11) is 1.83. The van der Waals surface area contributed by atoms with Crippen molar-refractivity contribution in [1.29, 1.82) is 0 Å². The van der Waals surface area contributed by atoms with Crippen molar-refractivity contribution in [3.8, 4) is 11.6 Å². The van der Waals surface area contributed by atoms with Gasteiger partial charge in [-0.25, -0.2) is 0 Å². The van der Waals surface area contributed by atoms with Crippen molar-refractivity contribution in [2.24, 2.45) is 7.05 Å². The minimum Gasteiger partial charge on any atom is -0.419 e. The van der Waals surface area contributed by atoms with Crippen LogP contribution in [0, 0.1) is 6.92 Å². The van der Waals surface area contributed by atoms with E-state index in [4.69, 9.17) is 4.42 Å². The molecule has 2 aromatic rings. The molecular weight excluding hydrogens is 258 g/mol. The smallest absolute Gasteiger partial charge is 0.265 e. The fraction of sp³-hybridized carbons (Fsp3) is 0.538. The highest BCUT2D eigenvalue weighted by Gasteiger charge is 2.23. The van der Waals surface area contributed by atoms with Crippen LogP contribution in [0.2, 0.25) is 0 Å². The van der Waals surface area contributed by atoms with Gasteiger partial charge in [-0.15, -0.1) is 10.2 Å². The summed E-state index contributed by atoms with van der Waals surface area (Å²) in [5.41, 5.74) is 1.68. The van der Waals surface area contributed by atoms with Crippen LogP contribution in [-0.2, 0) is 18.3 Å². The molecule has 1 fully saturated rings. The van der Waals surface area contributed by atoms with Crippen molar-refractivity contribution in [3.63, 3.8) is 0 Å². The van der Waals surface area contributed by atoms with Crippen LogP contribution in [-0.4, -0.2) is 31.9 Å². The van der Waals surface area contributed by atoms with Gasteiger partial charge >= 0.3 is 0 Å². The Morgan fingerprint density at radius 3 is 2.95 bits per heavy atom. The molecule has 1 aliphatic rings. The van der Waals surface area contributed by atoms with Gasteiger partial charge in [-0.1, -0.05) is 0 Å². The lowest BCUT2D eigenvalue weighted by Gasteiger charge is -2.00. The summed E-state index contributed by atoms with van der Waals surface area (Å²) in [5, 5.41) is 15.1. The number of aryl methyl sites for hydroxylation is 3. The Balaban J connectivity index is 1.61. The largest absolute Gasteiger partial charge is 0.419 e. The molecule has 0 aliphatic heterocycles. The molecule has 0 atom stereocenters. The van der Waals surface area contributed by atoms with E-state index < -0.39 is 0 Å². The van der Waals surface area contributed by atoms with Crippen LogP contribution in [0.1, 0.15) is 30.8 Å². The third-order valence-electron chi connectivity index (χ3n) is 3.20. The van der Waals surface area contributed by atoms with Gasteiger partial charge in [0.2, 0.25) is 11.8 Å². The van der Waals surface area contributed by atoms with Gasteiger partial charge in [-0.05, 0) is 25.8 Å². The molecule has 1 N–H and O–H groups in total. The minimum absolute atomic E-state index is 0.0450. The zero-order valence-electron chi connectivity index (χ0n) is 11.6. The maximum atomic E-state index is 11.6. The monoisotopic (exact) mass is 275 g/mol. The molecule has 0 spiro atoms. The second-order valence-electron chi connectivity index (χ2n) is 5.14. The molecule has 106 valence electrons. The van der Waals surface area contributed by atoms with E-state index in [2.05, 4.69) is 20.6 Å².